The summed E-state index contributed by atoms with van der Waals surface area (Å²) >= 11 is 0. The molecule has 2 N–H and O–H groups in total. The quantitative estimate of drug-likeness (QED) is 0.188. The number of imidazole rings is 2. The minimum atomic E-state index is -1.23. The van der Waals surface area contributed by atoms with Gasteiger partial charge in [0.15, 0.2) is 11.6 Å². The number of hydrogen-bond acceptors (Lipinski definition) is 6. The van der Waals surface area contributed by atoms with Gasteiger partial charge in [-0.25, -0.2) is 18.7 Å². The fraction of sp³-hybridized carbons (Fsp3) is 0.485. The molecule has 47 heavy (non-hydrogen) atoms. The Balaban J connectivity index is 1.43. The Bertz CT molecular complexity index is 1810. The summed E-state index contributed by atoms with van der Waals surface area (Å²) in [4.78, 5) is 51.5. The number of carbonyl (C=O) groups is 3. The highest BCUT2D eigenvalue weighted by Crippen LogP contribution is 2.33. The van der Waals surface area contributed by atoms with E-state index in [-0.39, 0.29) is 49.8 Å². The average molecular weight is 667 g/mol. The second kappa shape index (κ2) is 13.6. The van der Waals surface area contributed by atoms with Gasteiger partial charge in [0, 0.05) is 38.2 Å². The number of rotatable bonds is 11. The molecule has 0 bridgehead atoms. The highest BCUT2D eigenvalue weighted by atomic mass is 31.0. The fourth-order valence-electron chi connectivity index (χ4n) is 6.95. The molecule has 3 amide bonds. The molecule has 4 heterocycles. The van der Waals surface area contributed by atoms with E-state index in [0.717, 1.165) is 30.1 Å². The number of likely N-dealkylation sites (N-methyl/N-ethyl adjacent to an activating group) is 1. The van der Waals surface area contributed by atoms with E-state index in [0.29, 0.717) is 41.3 Å². The third kappa shape index (κ3) is 6.60. The Labute approximate surface area is 274 Å². The van der Waals surface area contributed by atoms with Crippen LogP contribution in [-0.4, -0.2) is 98.1 Å². The van der Waals surface area contributed by atoms with Crippen molar-refractivity contribution >= 4 is 54.8 Å². The number of likely N-dealkylation sites (tertiary alicyclic amines) is 2. The van der Waals surface area contributed by atoms with Gasteiger partial charge in [-0.15, -0.1) is 9.24 Å². The van der Waals surface area contributed by atoms with Crippen molar-refractivity contribution in [2.24, 2.45) is 5.92 Å². The molecule has 6 rings (SSSR count). The number of alkyl halides is 1. The van der Waals surface area contributed by atoms with Crippen LogP contribution in [0.1, 0.15) is 33.1 Å². The molecule has 2 aliphatic rings. The molecule has 250 valence electrons. The van der Waals surface area contributed by atoms with Gasteiger partial charge in [0.2, 0.25) is 18.2 Å². The summed E-state index contributed by atoms with van der Waals surface area (Å²) in [5.41, 5.74) is 2.64. The van der Waals surface area contributed by atoms with Crippen LogP contribution in [0.5, 0.6) is 0 Å². The number of benzene rings is 2. The monoisotopic (exact) mass is 666 g/mol. The molecule has 5 unspecified atom stereocenters. The molecule has 0 aliphatic carbocycles. The first-order valence-electron chi connectivity index (χ1n) is 16.1. The van der Waals surface area contributed by atoms with Crippen molar-refractivity contribution in [3.63, 3.8) is 0 Å². The molecule has 2 aromatic carbocycles. The first-order chi connectivity index (χ1) is 22.6. The lowest BCUT2D eigenvalue weighted by Gasteiger charge is -2.31. The molecular formula is C33H41F2N8O3P. The van der Waals surface area contributed by atoms with Crippen LogP contribution in [0.3, 0.4) is 0 Å². The Morgan fingerprint density at radius 3 is 2.36 bits per heavy atom. The number of amides is 3. The number of halogens is 2. The Hall–Kier alpha value is -3.96. The van der Waals surface area contributed by atoms with Crippen molar-refractivity contribution < 1.29 is 23.2 Å². The third-order valence-corrected chi connectivity index (χ3v) is 9.62. The smallest absolute Gasteiger partial charge is 0.245 e. The fourth-order valence-corrected chi connectivity index (χ4v) is 7.21. The van der Waals surface area contributed by atoms with E-state index < -0.39 is 24.1 Å². The summed E-state index contributed by atoms with van der Waals surface area (Å²) in [7, 11) is 4.32. The van der Waals surface area contributed by atoms with E-state index >= 15 is 4.39 Å². The Morgan fingerprint density at radius 1 is 1.04 bits per heavy atom. The van der Waals surface area contributed by atoms with Gasteiger partial charge in [0.05, 0.1) is 41.2 Å². The van der Waals surface area contributed by atoms with Gasteiger partial charge in [0.25, 0.3) is 0 Å². The van der Waals surface area contributed by atoms with Crippen molar-refractivity contribution in [2.75, 3.05) is 26.7 Å². The zero-order valence-corrected chi connectivity index (χ0v) is 28.0. The second-order valence-electron chi connectivity index (χ2n) is 12.9. The largest absolute Gasteiger partial charge is 0.343 e. The van der Waals surface area contributed by atoms with Crippen molar-refractivity contribution in [2.45, 2.75) is 70.5 Å². The summed E-state index contributed by atoms with van der Waals surface area (Å²) in [6, 6.07) is 8.87. The maximum Gasteiger partial charge on any atom is 0.245 e. The minimum absolute atomic E-state index is 0.0596. The first-order valence-corrected chi connectivity index (χ1v) is 16.7. The Morgan fingerprint density at radius 2 is 1.70 bits per heavy atom. The standard InChI is InChI=1S/C33H41F2N8O3P/c1-19(2)30(39-29(45)14-36-3)33(46)41-15-21(35)11-23(41)17-43-28-9-7-24(47)13-26(28)38-32(43)31-37-25-12-20(34)6-8-27(25)42(31)16-22-5-4-10-40(22)18-44/h6-9,12-13,18-19,21-23,30,36H,4-5,10-11,14-17,47H2,1-3H3,(H,39,45). The van der Waals surface area contributed by atoms with Gasteiger partial charge in [-0.1, -0.05) is 19.9 Å². The molecule has 5 atom stereocenters. The molecule has 0 spiro atoms. The highest BCUT2D eigenvalue weighted by Gasteiger charge is 2.40. The van der Waals surface area contributed by atoms with E-state index in [4.69, 9.17) is 9.97 Å². The zero-order valence-electron chi connectivity index (χ0n) is 26.8. The average Bonchev–Trinajstić information content (AvgIpc) is 3.80. The van der Waals surface area contributed by atoms with Crippen molar-refractivity contribution in [3.8, 4) is 11.6 Å². The molecule has 2 fully saturated rings. The number of fused-ring (bicyclic) bond motifs is 2. The minimum Gasteiger partial charge on any atom is -0.343 e. The van der Waals surface area contributed by atoms with Crippen LogP contribution >= 0.6 is 9.24 Å². The van der Waals surface area contributed by atoms with Crippen LogP contribution in [0.2, 0.25) is 0 Å². The van der Waals surface area contributed by atoms with Crippen molar-refractivity contribution in [3.05, 3.63) is 42.2 Å². The van der Waals surface area contributed by atoms with Crippen molar-refractivity contribution in [1.29, 1.82) is 0 Å². The van der Waals surface area contributed by atoms with Crippen LogP contribution in [-0.2, 0) is 27.5 Å². The number of nitrogens with zero attached hydrogens (tertiary/aromatic N) is 6. The van der Waals surface area contributed by atoms with Gasteiger partial charge < -0.3 is 29.6 Å². The summed E-state index contributed by atoms with van der Waals surface area (Å²) < 4.78 is 33.6. The molecule has 2 aromatic heterocycles. The molecule has 14 heteroatoms. The van der Waals surface area contributed by atoms with Crippen LogP contribution in [0.4, 0.5) is 8.78 Å². The maximum absolute atomic E-state index is 15.2. The predicted octanol–water partition coefficient (Wildman–Crippen LogP) is 2.61. The van der Waals surface area contributed by atoms with E-state index in [1.165, 1.54) is 12.1 Å². The molecule has 2 saturated heterocycles. The van der Waals surface area contributed by atoms with Crippen LogP contribution < -0.4 is 15.9 Å². The third-order valence-electron chi connectivity index (χ3n) is 9.26. The number of nitrogens with one attached hydrogen (secondary N) is 2. The van der Waals surface area contributed by atoms with Crippen LogP contribution in [0, 0.1) is 11.7 Å². The van der Waals surface area contributed by atoms with Crippen LogP contribution in [0.15, 0.2) is 36.4 Å². The lowest BCUT2D eigenvalue weighted by atomic mass is 10.0. The number of carbonyl (C=O) groups excluding carboxylic acids is 3. The van der Waals surface area contributed by atoms with Gasteiger partial charge in [-0.05, 0) is 55.4 Å². The van der Waals surface area contributed by atoms with Crippen molar-refractivity contribution in [1.82, 2.24) is 39.5 Å². The summed E-state index contributed by atoms with van der Waals surface area (Å²) in [5.74, 6) is -0.271. The molecule has 0 radical (unpaired) electrons. The van der Waals surface area contributed by atoms with Gasteiger partial charge in [-0.3, -0.25) is 14.4 Å². The molecule has 4 aromatic rings. The number of hydrogen-bond donors (Lipinski definition) is 2. The zero-order chi connectivity index (χ0) is 33.4. The number of aromatic nitrogens is 4. The lowest BCUT2D eigenvalue weighted by Crippen LogP contribution is -2.54. The maximum atomic E-state index is 15.2. The molecule has 11 nitrogen and oxygen atoms in total. The summed E-state index contributed by atoms with van der Waals surface area (Å²) in [5, 5.41) is 6.54. The van der Waals surface area contributed by atoms with Crippen LogP contribution in [0.25, 0.3) is 33.7 Å². The van der Waals surface area contributed by atoms with E-state index in [2.05, 4.69) is 19.9 Å². The summed E-state index contributed by atoms with van der Waals surface area (Å²) in [6.07, 6.45) is 1.48. The molecule has 2 aliphatic heterocycles. The Kier molecular flexibility index (Phi) is 9.57. The summed E-state index contributed by atoms with van der Waals surface area (Å²) in [6.45, 7) is 5.03. The topological polar surface area (TPSA) is 117 Å². The normalized spacial score (nSPS) is 20.5. The molecular weight excluding hydrogens is 625 g/mol. The first kappa shape index (κ1) is 33.0. The SMILES string of the molecule is CNCC(=O)NC(C(=O)N1CC(F)CC1Cn1c(-c2nc3cc(F)ccc3n2CC2CCCN2C=O)nc2cc(P)ccc21)C(C)C. The second-order valence-corrected chi connectivity index (χ2v) is 13.6. The van der Waals surface area contributed by atoms with E-state index in [1.807, 2.05) is 41.2 Å². The van der Waals surface area contributed by atoms with E-state index in [9.17, 15) is 18.8 Å². The highest BCUT2D eigenvalue weighted by molar-refractivity contribution is 7.27. The van der Waals surface area contributed by atoms with E-state index in [1.54, 1.807) is 22.9 Å². The van der Waals surface area contributed by atoms with Gasteiger partial charge in [0.1, 0.15) is 18.0 Å². The molecule has 0 saturated carbocycles. The predicted molar refractivity (Wildman–Crippen MR) is 179 cm³/mol. The van der Waals surface area contributed by atoms with Gasteiger partial charge >= 0.3 is 0 Å². The lowest BCUT2D eigenvalue weighted by molar-refractivity contribution is -0.138. The van der Waals surface area contributed by atoms with Gasteiger partial charge in [-0.2, -0.15) is 0 Å².